The van der Waals surface area contributed by atoms with Gasteiger partial charge in [0, 0.05) is 13.0 Å². The molecule has 0 aliphatic carbocycles. The summed E-state index contributed by atoms with van der Waals surface area (Å²) in [6, 6.07) is 0.739. The second kappa shape index (κ2) is 6.34. The second-order valence-corrected chi connectivity index (χ2v) is 8.03. The lowest BCUT2D eigenvalue weighted by Crippen LogP contribution is -2.55. The number of ether oxygens (including phenoxy) is 1. The lowest BCUT2D eigenvalue weighted by molar-refractivity contribution is -0.135. The molecule has 2 atom stereocenters. The number of nitriles is 1. The van der Waals surface area contributed by atoms with Gasteiger partial charge in [0.05, 0.1) is 6.54 Å². The molecule has 1 rings (SSSR count). The van der Waals surface area contributed by atoms with Gasteiger partial charge in [-0.3, -0.25) is 4.79 Å². The minimum absolute atomic E-state index is 0.0153. The molecular weight excluding hydrogens is 301 g/mol. The Labute approximate surface area is 137 Å². The average Bonchev–Trinajstić information content (AvgIpc) is 2.75. The summed E-state index contributed by atoms with van der Waals surface area (Å²) in [4.78, 5) is 26.0. The van der Waals surface area contributed by atoms with Crippen LogP contribution in [0.15, 0.2) is 0 Å². The highest BCUT2D eigenvalue weighted by Gasteiger charge is 2.44. The molecule has 0 bridgehead atoms. The van der Waals surface area contributed by atoms with Crippen LogP contribution < -0.4 is 5.32 Å². The Morgan fingerprint density at radius 2 is 1.87 bits per heavy atom. The van der Waals surface area contributed by atoms with E-state index in [9.17, 15) is 14.0 Å². The summed E-state index contributed by atoms with van der Waals surface area (Å²) in [6.07, 6.45) is -0.713. The van der Waals surface area contributed by atoms with Gasteiger partial charge in [-0.15, -0.1) is 0 Å². The van der Waals surface area contributed by atoms with Gasteiger partial charge in [-0.2, -0.15) is 5.26 Å². The Morgan fingerprint density at radius 1 is 1.30 bits per heavy atom. The van der Waals surface area contributed by atoms with Gasteiger partial charge in [0.15, 0.2) is 0 Å². The second-order valence-electron chi connectivity index (χ2n) is 8.03. The van der Waals surface area contributed by atoms with Crippen LogP contribution in [0.5, 0.6) is 0 Å². The molecule has 1 N–H and O–H groups in total. The van der Waals surface area contributed by atoms with E-state index in [4.69, 9.17) is 10.00 Å². The molecule has 7 heteroatoms. The Kier molecular flexibility index (Phi) is 5.30. The number of hydrogen-bond donors (Lipinski definition) is 1. The molecule has 130 valence electrons. The van der Waals surface area contributed by atoms with Crippen molar-refractivity contribution in [1.82, 2.24) is 10.2 Å². The average molecular weight is 327 g/mol. The van der Waals surface area contributed by atoms with Gasteiger partial charge in [-0.25, -0.2) is 9.18 Å². The number of halogens is 1. The van der Waals surface area contributed by atoms with Gasteiger partial charge in [0.2, 0.25) is 11.6 Å². The van der Waals surface area contributed by atoms with Crippen LogP contribution in [0.3, 0.4) is 0 Å². The number of nitrogens with one attached hydrogen (secondary N) is 1. The maximum Gasteiger partial charge on any atom is 0.408 e. The maximum atomic E-state index is 14.0. The van der Waals surface area contributed by atoms with Crippen molar-refractivity contribution in [1.29, 1.82) is 5.26 Å². The van der Waals surface area contributed by atoms with Crippen molar-refractivity contribution in [2.24, 2.45) is 5.41 Å². The molecule has 0 aromatic carbocycles. The first-order valence-electron chi connectivity index (χ1n) is 7.66. The van der Waals surface area contributed by atoms with E-state index in [-0.39, 0.29) is 19.5 Å². The van der Waals surface area contributed by atoms with Crippen LogP contribution in [-0.4, -0.2) is 47.3 Å². The Balaban J connectivity index is 2.86. The van der Waals surface area contributed by atoms with E-state index in [1.54, 1.807) is 47.6 Å². The SMILES string of the molecule is CC(C)(C)OC(=O)N[C@@H](C(=O)N1CCC(F)(C#N)C1)C(C)(C)C. The molecule has 1 heterocycles. The molecule has 0 saturated carbocycles. The van der Waals surface area contributed by atoms with Gasteiger partial charge in [-0.1, -0.05) is 20.8 Å². The topological polar surface area (TPSA) is 82.4 Å². The fourth-order valence-electron chi connectivity index (χ4n) is 2.31. The Morgan fingerprint density at radius 3 is 2.26 bits per heavy atom. The highest BCUT2D eigenvalue weighted by molar-refractivity contribution is 5.87. The molecule has 0 spiro atoms. The van der Waals surface area contributed by atoms with Gasteiger partial charge < -0.3 is 15.0 Å². The van der Waals surface area contributed by atoms with E-state index in [2.05, 4.69) is 5.32 Å². The first kappa shape index (κ1) is 19.2. The van der Waals surface area contributed by atoms with Gasteiger partial charge in [0.25, 0.3) is 0 Å². The van der Waals surface area contributed by atoms with Crippen molar-refractivity contribution < 1.29 is 18.7 Å². The zero-order valence-electron chi connectivity index (χ0n) is 14.7. The van der Waals surface area contributed by atoms with Crippen molar-refractivity contribution in [3.63, 3.8) is 0 Å². The zero-order valence-corrected chi connectivity index (χ0v) is 14.7. The van der Waals surface area contributed by atoms with E-state index in [1.807, 2.05) is 0 Å². The molecule has 1 saturated heterocycles. The first-order valence-corrected chi connectivity index (χ1v) is 7.66. The van der Waals surface area contributed by atoms with Crippen molar-refractivity contribution in [2.45, 2.75) is 65.3 Å². The van der Waals surface area contributed by atoms with Crippen LogP contribution in [0, 0.1) is 16.7 Å². The fourth-order valence-corrected chi connectivity index (χ4v) is 2.31. The molecule has 0 radical (unpaired) electrons. The molecule has 1 unspecified atom stereocenters. The summed E-state index contributed by atoms with van der Waals surface area (Å²) in [6.45, 7) is 10.5. The number of amides is 2. The normalized spacial score (nSPS) is 23.1. The van der Waals surface area contributed by atoms with Crippen molar-refractivity contribution in [3.8, 4) is 6.07 Å². The summed E-state index contributed by atoms with van der Waals surface area (Å²) in [5, 5.41) is 11.4. The van der Waals surface area contributed by atoms with Crippen molar-refractivity contribution >= 4 is 12.0 Å². The van der Waals surface area contributed by atoms with Crippen LogP contribution >= 0.6 is 0 Å². The predicted molar refractivity (Wildman–Crippen MR) is 83.3 cm³/mol. The molecule has 2 amide bonds. The molecule has 1 aliphatic heterocycles. The highest BCUT2D eigenvalue weighted by atomic mass is 19.1. The number of alkyl carbamates (subject to hydrolysis) is 1. The summed E-state index contributed by atoms with van der Waals surface area (Å²) < 4.78 is 19.2. The fraction of sp³-hybridized carbons (Fsp3) is 0.812. The van der Waals surface area contributed by atoms with Crippen LogP contribution in [0.4, 0.5) is 9.18 Å². The molecule has 0 aromatic heterocycles. The third-order valence-corrected chi connectivity index (χ3v) is 3.51. The Hall–Kier alpha value is -1.84. The number of likely N-dealkylation sites (tertiary alicyclic amines) is 1. The number of carbonyl (C=O) groups excluding carboxylic acids is 2. The lowest BCUT2D eigenvalue weighted by Gasteiger charge is -2.34. The van der Waals surface area contributed by atoms with Crippen LogP contribution in [0.25, 0.3) is 0 Å². The van der Waals surface area contributed by atoms with E-state index >= 15 is 0 Å². The maximum absolute atomic E-state index is 14.0. The van der Waals surface area contributed by atoms with Crippen molar-refractivity contribution in [3.05, 3.63) is 0 Å². The molecule has 23 heavy (non-hydrogen) atoms. The molecular formula is C16H26FN3O3. The van der Waals surface area contributed by atoms with Crippen molar-refractivity contribution in [2.75, 3.05) is 13.1 Å². The molecule has 6 nitrogen and oxygen atoms in total. The number of hydrogen-bond acceptors (Lipinski definition) is 4. The number of carbonyl (C=O) groups is 2. The minimum Gasteiger partial charge on any atom is -0.444 e. The summed E-state index contributed by atoms with van der Waals surface area (Å²) in [7, 11) is 0. The van der Waals surface area contributed by atoms with E-state index in [0.717, 1.165) is 0 Å². The quantitative estimate of drug-likeness (QED) is 0.844. The monoisotopic (exact) mass is 327 g/mol. The highest BCUT2D eigenvalue weighted by Crippen LogP contribution is 2.28. The summed E-state index contributed by atoms with van der Waals surface area (Å²) in [5.41, 5.74) is -3.27. The van der Waals surface area contributed by atoms with Gasteiger partial charge in [-0.05, 0) is 26.2 Å². The number of rotatable bonds is 2. The van der Waals surface area contributed by atoms with E-state index in [1.165, 1.54) is 4.90 Å². The lowest BCUT2D eigenvalue weighted by atomic mass is 9.86. The zero-order chi connectivity index (χ0) is 18.1. The third kappa shape index (κ3) is 5.38. The predicted octanol–water partition coefficient (Wildman–Crippen LogP) is 2.39. The van der Waals surface area contributed by atoms with Crippen LogP contribution in [0.2, 0.25) is 0 Å². The number of nitrogens with zero attached hydrogens (tertiary/aromatic N) is 2. The van der Waals surface area contributed by atoms with E-state index in [0.29, 0.717) is 0 Å². The largest absolute Gasteiger partial charge is 0.444 e. The number of alkyl halides is 1. The minimum atomic E-state index is -2.01. The first-order chi connectivity index (χ1) is 10.3. The summed E-state index contributed by atoms with van der Waals surface area (Å²) >= 11 is 0. The molecule has 1 aliphatic rings. The van der Waals surface area contributed by atoms with E-state index < -0.39 is 34.7 Å². The van der Waals surface area contributed by atoms with Crippen LogP contribution in [-0.2, 0) is 9.53 Å². The van der Waals surface area contributed by atoms with Gasteiger partial charge in [0.1, 0.15) is 17.7 Å². The Bertz CT molecular complexity index is 516. The van der Waals surface area contributed by atoms with Gasteiger partial charge >= 0.3 is 6.09 Å². The van der Waals surface area contributed by atoms with Crippen LogP contribution in [0.1, 0.15) is 48.0 Å². The summed E-state index contributed by atoms with van der Waals surface area (Å²) in [5.74, 6) is -0.405. The third-order valence-electron chi connectivity index (χ3n) is 3.51. The molecule has 0 aromatic rings. The smallest absolute Gasteiger partial charge is 0.408 e. The standard InChI is InChI=1S/C16H26FN3O3/c1-14(2,3)11(19-13(22)23-15(4,5)6)12(21)20-8-7-16(17,9-18)10-20/h11H,7-8,10H2,1-6H3,(H,19,22)/t11-,16?/m0/s1. The molecule has 1 fully saturated rings.